The summed E-state index contributed by atoms with van der Waals surface area (Å²) in [6.07, 6.45) is 7.24. The van der Waals surface area contributed by atoms with Gasteiger partial charge in [0.05, 0.1) is 12.2 Å². The molecular formula is C24H26FNO6. The van der Waals surface area contributed by atoms with Crippen molar-refractivity contribution in [2.24, 2.45) is 11.3 Å². The Labute approximate surface area is 185 Å². The number of hydrogen-bond acceptors (Lipinski definition) is 5. The fourth-order valence-electron chi connectivity index (χ4n) is 5.49. The number of cyclic esters (lactones) is 1. The Morgan fingerprint density at radius 2 is 2.12 bits per heavy atom. The van der Waals surface area contributed by atoms with Gasteiger partial charge in [-0.1, -0.05) is 18.6 Å². The fraction of sp³-hybridized carbons (Fsp3) is 0.542. The predicted octanol–water partition coefficient (Wildman–Crippen LogP) is 4.26. The van der Waals surface area contributed by atoms with Crippen LogP contribution in [0.15, 0.2) is 23.8 Å². The number of allylic oxidation sites excluding steroid dienone is 2. The van der Waals surface area contributed by atoms with Gasteiger partial charge in [-0.3, -0.25) is 4.79 Å². The van der Waals surface area contributed by atoms with E-state index >= 15 is 4.39 Å². The van der Waals surface area contributed by atoms with E-state index in [1.807, 2.05) is 0 Å². The quantitative estimate of drug-likeness (QED) is 0.661. The minimum atomic E-state index is -1.47. The molecule has 2 bridgehead atoms. The highest BCUT2D eigenvalue weighted by atomic mass is 19.1. The second kappa shape index (κ2) is 7.60. The van der Waals surface area contributed by atoms with E-state index in [1.165, 1.54) is 17.7 Å². The molecule has 1 heterocycles. The monoisotopic (exact) mass is 443 g/mol. The van der Waals surface area contributed by atoms with Gasteiger partial charge < -0.3 is 14.6 Å². The summed E-state index contributed by atoms with van der Waals surface area (Å²) in [5.74, 6) is -2.02. The number of ether oxygens (including phenoxy) is 2. The summed E-state index contributed by atoms with van der Waals surface area (Å²) in [5.41, 5.74) is 1.93. The summed E-state index contributed by atoms with van der Waals surface area (Å²) in [6.45, 7) is 2.29. The molecule has 2 amide bonds. The Bertz CT molecular complexity index is 1030. The Hall–Kier alpha value is -2.90. The zero-order valence-electron chi connectivity index (χ0n) is 17.9. The second-order valence-corrected chi connectivity index (χ2v) is 9.80. The van der Waals surface area contributed by atoms with E-state index in [0.717, 1.165) is 44.1 Å². The minimum Gasteiger partial charge on any atom is -0.493 e. The van der Waals surface area contributed by atoms with Crippen LogP contribution in [-0.2, 0) is 9.53 Å². The van der Waals surface area contributed by atoms with Crippen molar-refractivity contribution in [2.75, 3.05) is 13.2 Å². The normalized spacial score (nSPS) is 29.0. The maximum Gasteiger partial charge on any atom is 0.417 e. The first-order chi connectivity index (χ1) is 15.3. The summed E-state index contributed by atoms with van der Waals surface area (Å²) >= 11 is 0. The molecule has 2 saturated carbocycles. The number of rotatable bonds is 6. The molecule has 8 heteroatoms. The Kier molecular flexibility index (Phi) is 4.98. The molecule has 3 atom stereocenters. The molecule has 0 radical (unpaired) electrons. The van der Waals surface area contributed by atoms with Crippen LogP contribution < -0.4 is 4.74 Å². The van der Waals surface area contributed by atoms with E-state index in [0.29, 0.717) is 23.2 Å². The standard InChI is InChI=1S/C24H26FNO6/c1-13-6-14-4-5-24(9-13,10-14)12-32-20-8-18(25)17(7-16(20)15-2-3-15)21(27)26-19(22(28)29)11-31-23(26)30/h4,7-8,13,15,19H,2-3,5-6,9-12H2,1H3,(H,28,29). The van der Waals surface area contributed by atoms with Crippen molar-refractivity contribution in [3.05, 3.63) is 40.7 Å². The highest BCUT2D eigenvalue weighted by Gasteiger charge is 2.44. The molecule has 0 aromatic heterocycles. The third-order valence-electron chi connectivity index (χ3n) is 7.08. The largest absolute Gasteiger partial charge is 0.493 e. The first-order valence-electron chi connectivity index (χ1n) is 11.1. The molecule has 3 fully saturated rings. The maximum atomic E-state index is 15.0. The van der Waals surface area contributed by atoms with Gasteiger partial charge in [0, 0.05) is 11.5 Å². The topological polar surface area (TPSA) is 93.1 Å². The Morgan fingerprint density at radius 1 is 1.34 bits per heavy atom. The van der Waals surface area contributed by atoms with Gasteiger partial charge in [0.25, 0.3) is 5.91 Å². The molecule has 5 rings (SSSR count). The first-order valence-corrected chi connectivity index (χ1v) is 11.1. The predicted molar refractivity (Wildman–Crippen MR) is 111 cm³/mol. The molecular weight excluding hydrogens is 417 g/mol. The van der Waals surface area contributed by atoms with Crippen molar-refractivity contribution in [1.82, 2.24) is 4.90 Å². The number of aliphatic carboxylic acids is 1. The SMILES string of the molecule is CC1CC2=CCC(COc3cc(F)c(C(=O)N4C(=O)OCC4C(=O)O)cc3C3CC3)(C2)C1. The van der Waals surface area contributed by atoms with Gasteiger partial charge in [-0.05, 0) is 62.0 Å². The smallest absolute Gasteiger partial charge is 0.417 e. The number of nitrogens with zero attached hydrogens (tertiary/aromatic N) is 1. The summed E-state index contributed by atoms with van der Waals surface area (Å²) in [4.78, 5) is 36.7. The molecule has 32 heavy (non-hydrogen) atoms. The van der Waals surface area contributed by atoms with E-state index in [2.05, 4.69) is 13.0 Å². The van der Waals surface area contributed by atoms with Crippen LogP contribution in [0.2, 0.25) is 0 Å². The van der Waals surface area contributed by atoms with Gasteiger partial charge in [0.2, 0.25) is 0 Å². The molecule has 1 saturated heterocycles. The van der Waals surface area contributed by atoms with Crippen LogP contribution in [0.4, 0.5) is 9.18 Å². The zero-order valence-corrected chi connectivity index (χ0v) is 17.9. The number of carboxylic acids is 1. The molecule has 170 valence electrons. The van der Waals surface area contributed by atoms with Crippen molar-refractivity contribution in [1.29, 1.82) is 0 Å². The molecule has 1 N–H and O–H groups in total. The highest BCUT2D eigenvalue weighted by Crippen LogP contribution is 2.51. The van der Waals surface area contributed by atoms with E-state index in [4.69, 9.17) is 9.47 Å². The van der Waals surface area contributed by atoms with E-state index in [9.17, 15) is 19.5 Å². The summed E-state index contributed by atoms with van der Waals surface area (Å²) in [5, 5.41) is 9.28. The molecule has 1 aromatic carbocycles. The van der Waals surface area contributed by atoms with Crippen LogP contribution in [0.5, 0.6) is 5.75 Å². The summed E-state index contributed by atoms with van der Waals surface area (Å²) in [6, 6.07) is 1.17. The van der Waals surface area contributed by atoms with Crippen molar-refractivity contribution < 1.29 is 33.4 Å². The van der Waals surface area contributed by atoms with Gasteiger partial charge in [-0.2, -0.15) is 0 Å². The highest BCUT2D eigenvalue weighted by molar-refractivity contribution is 6.06. The van der Waals surface area contributed by atoms with E-state index in [-0.39, 0.29) is 16.9 Å². The van der Waals surface area contributed by atoms with Crippen molar-refractivity contribution in [2.45, 2.75) is 57.4 Å². The third-order valence-corrected chi connectivity index (χ3v) is 7.08. The lowest BCUT2D eigenvalue weighted by Crippen LogP contribution is -2.43. The summed E-state index contributed by atoms with van der Waals surface area (Å²) < 4.78 is 25.9. The average Bonchev–Trinajstić information content (AvgIpc) is 3.44. The zero-order chi connectivity index (χ0) is 22.6. The molecule has 3 unspecified atom stereocenters. The number of carbonyl (C=O) groups is 3. The van der Waals surface area contributed by atoms with Gasteiger partial charge in [-0.15, -0.1) is 0 Å². The molecule has 3 aliphatic carbocycles. The van der Waals surface area contributed by atoms with Crippen LogP contribution in [0.25, 0.3) is 0 Å². The lowest BCUT2D eigenvalue weighted by atomic mass is 9.72. The van der Waals surface area contributed by atoms with Gasteiger partial charge in [0.1, 0.15) is 18.2 Å². The minimum absolute atomic E-state index is 0.0484. The van der Waals surface area contributed by atoms with Crippen molar-refractivity contribution >= 4 is 18.0 Å². The van der Waals surface area contributed by atoms with E-state index in [1.54, 1.807) is 0 Å². The van der Waals surface area contributed by atoms with Crippen LogP contribution in [-0.4, -0.2) is 47.2 Å². The third kappa shape index (κ3) is 3.65. The second-order valence-electron chi connectivity index (χ2n) is 9.80. The number of benzene rings is 1. The molecule has 1 aromatic rings. The fourth-order valence-corrected chi connectivity index (χ4v) is 5.49. The lowest BCUT2D eigenvalue weighted by Gasteiger charge is -2.36. The van der Waals surface area contributed by atoms with Crippen LogP contribution in [0.3, 0.4) is 0 Å². The van der Waals surface area contributed by atoms with E-state index < -0.39 is 36.4 Å². The number of carboxylic acid groups (broad SMARTS) is 1. The van der Waals surface area contributed by atoms with Crippen LogP contribution >= 0.6 is 0 Å². The maximum absolute atomic E-state index is 15.0. The number of imide groups is 1. The Morgan fingerprint density at radius 3 is 2.84 bits per heavy atom. The number of hydrogen-bond donors (Lipinski definition) is 1. The van der Waals surface area contributed by atoms with Crippen LogP contribution in [0, 0.1) is 17.2 Å². The van der Waals surface area contributed by atoms with Crippen molar-refractivity contribution in [3.63, 3.8) is 0 Å². The number of halogens is 1. The van der Waals surface area contributed by atoms with Gasteiger partial charge in [0.15, 0.2) is 6.04 Å². The van der Waals surface area contributed by atoms with Gasteiger partial charge in [-0.25, -0.2) is 18.9 Å². The molecule has 4 aliphatic rings. The van der Waals surface area contributed by atoms with Crippen LogP contribution in [0.1, 0.15) is 67.3 Å². The number of fused-ring (bicyclic) bond motifs is 2. The summed E-state index contributed by atoms with van der Waals surface area (Å²) in [7, 11) is 0. The lowest BCUT2D eigenvalue weighted by molar-refractivity contribution is -0.140. The Balaban J connectivity index is 1.40. The molecule has 7 nitrogen and oxygen atoms in total. The van der Waals surface area contributed by atoms with Gasteiger partial charge >= 0.3 is 12.1 Å². The average molecular weight is 443 g/mol. The van der Waals surface area contributed by atoms with Crippen molar-refractivity contribution in [3.8, 4) is 5.75 Å². The number of carbonyl (C=O) groups excluding carboxylic acids is 2. The number of amides is 2. The first kappa shape index (κ1) is 21.0. The molecule has 1 aliphatic heterocycles. The molecule has 0 spiro atoms.